The normalized spacial score (nSPS) is 18.6. The number of piperidine rings is 1. The lowest BCUT2D eigenvalue weighted by molar-refractivity contribution is -0.384. The molecule has 2 rings (SSSR count). The van der Waals surface area contributed by atoms with Gasteiger partial charge in [-0.2, -0.15) is 0 Å². The van der Waals surface area contributed by atoms with Crippen LogP contribution >= 0.6 is 0 Å². The molecular formula is C15H21N3O3. The Morgan fingerprint density at radius 1 is 1.52 bits per heavy atom. The SMILES string of the molecule is CNCC1CCCN(C(=O)c2cc([N+](=O)[O-])ccc2C)C1. The van der Waals surface area contributed by atoms with Crippen molar-refractivity contribution in [1.29, 1.82) is 0 Å². The summed E-state index contributed by atoms with van der Waals surface area (Å²) in [5.41, 5.74) is 1.18. The van der Waals surface area contributed by atoms with Crippen molar-refractivity contribution in [2.45, 2.75) is 19.8 Å². The second-order valence-electron chi connectivity index (χ2n) is 5.57. The molecule has 114 valence electrons. The molecule has 1 saturated heterocycles. The number of non-ortho nitro benzene ring substituents is 1. The van der Waals surface area contributed by atoms with Crippen LogP contribution in [0.4, 0.5) is 5.69 Å². The average Bonchev–Trinajstić information content (AvgIpc) is 2.47. The Morgan fingerprint density at radius 3 is 2.95 bits per heavy atom. The van der Waals surface area contributed by atoms with Gasteiger partial charge in [-0.05, 0) is 44.8 Å². The largest absolute Gasteiger partial charge is 0.338 e. The molecule has 1 heterocycles. The van der Waals surface area contributed by atoms with Crippen LogP contribution in [-0.2, 0) is 0 Å². The number of nitro groups is 1. The number of hydrogen-bond donors (Lipinski definition) is 1. The highest BCUT2D eigenvalue weighted by atomic mass is 16.6. The number of nitrogens with one attached hydrogen (secondary N) is 1. The molecule has 1 atom stereocenters. The summed E-state index contributed by atoms with van der Waals surface area (Å²) < 4.78 is 0. The van der Waals surface area contributed by atoms with Gasteiger partial charge in [0.25, 0.3) is 11.6 Å². The third-order valence-electron chi connectivity index (χ3n) is 3.96. The quantitative estimate of drug-likeness (QED) is 0.680. The van der Waals surface area contributed by atoms with Gasteiger partial charge in [0.1, 0.15) is 0 Å². The van der Waals surface area contributed by atoms with Crippen molar-refractivity contribution in [3.63, 3.8) is 0 Å². The zero-order chi connectivity index (χ0) is 15.4. The molecule has 21 heavy (non-hydrogen) atoms. The molecule has 0 saturated carbocycles. The van der Waals surface area contributed by atoms with Gasteiger partial charge in [-0.25, -0.2) is 0 Å². The van der Waals surface area contributed by atoms with E-state index in [-0.39, 0.29) is 11.6 Å². The van der Waals surface area contributed by atoms with Crippen LogP contribution in [0, 0.1) is 23.0 Å². The molecule has 1 aliphatic heterocycles. The van der Waals surface area contributed by atoms with Crippen LogP contribution in [0.25, 0.3) is 0 Å². The number of rotatable bonds is 4. The van der Waals surface area contributed by atoms with Gasteiger partial charge in [0, 0.05) is 30.8 Å². The number of carbonyl (C=O) groups excluding carboxylic acids is 1. The summed E-state index contributed by atoms with van der Waals surface area (Å²) in [5, 5.41) is 14.0. The first-order chi connectivity index (χ1) is 10.0. The molecule has 0 radical (unpaired) electrons. The first kappa shape index (κ1) is 15.4. The van der Waals surface area contributed by atoms with Crippen molar-refractivity contribution in [3.8, 4) is 0 Å². The lowest BCUT2D eigenvalue weighted by Crippen LogP contribution is -2.42. The summed E-state index contributed by atoms with van der Waals surface area (Å²) in [4.78, 5) is 24.9. The Labute approximate surface area is 124 Å². The van der Waals surface area contributed by atoms with Crippen molar-refractivity contribution in [2.24, 2.45) is 5.92 Å². The number of likely N-dealkylation sites (tertiary alicyclic amines) is 1. The topological polar surface area (TPSA) is 75.5 Å². The minimum Gasteiger partial charge on any atom is -0.338 e. The molecule has 0 aliphatic carbocycles. The molecule has 0 aromatic heterocycles. The van der Waals surface area contributed by atoms with Gasteiger partial charge in [-0.3, -0.25) is 14.9 Å². The van der Waals surface area contributed by atoms with E-state index in [0.29, 0.717) is 18.0 Å². The maximum absolute atomic E-state index is 12.6. The predicted molar refractivity (Wildman–Crippen MR) is 80.4 cm³/mol. The second-order valence-corrected chi connectivity index (χ2v) is 5.57. The van der Waals surface area contributed by atoms with E-state index in [2.05, 4.69) is 5.32 Å². The molecule has 1 unspecified atom stereocenters. The van der Waals surface area contributed by atoms with E-state index in [9.17, 15) is 14.9 Å². The van der Waals surface area contributed by atoms with Crippen LogP contribution in [-0.4, -0.2) is 42.4 Å². The van der Waals surface area contributed by atoms with E-state index in [0.717, 1.165) is 31.5 Å². The van der Waals surface area contributed by atoms with E-state index in [1.54, 1.807) is 6.07 Å². The second kappa shape index (κ2) is 6.67. The summed E-state index contributed by atoms with van der Waals surface area (Å²) in [5.74, 6) is 0.351. The molecule has 0 spiro atoms. The Kier molecular flexibility index (Phi) is 4.90. The predicted octanol–water partition coefficient (Wildman–Crippen LogP) is 1.97. The van der Waals surface area contributed by atoms with E-state index in [4.69, 9.17) is 0 Å². The standard InChI is InChI=1S/C15H21N3O3/c1-11-5-6-13(18(20)21)8-14(11)15(19)17-7-3-4-12(10-17)9-16-2/h5-6,8,12,16H,3-4,7,9-10H2,1-2H3. The molecule has 1 amide bonds. The monoisotopic (exact) mass is 291 g/mol. The number of nitro benzene ring substituents is 1. The zero-order valence-electron chi connectivity index (χ0n) is 12.5. The fourth-order valence-electron chi connectivity index (χ4n) is 2.83. The number of benzene rings is 1. The van der Waals surface area contributed by atoms with Gasteiger partial charge in [-0.15, -0.1) is 0 Å². The summed E-state index contributed by atoms with van der Waals surface area (Å²) in [6.07, 6.45) is 2.09. The summed E-state index contributed by atoms with van der Waals surface area (Å²) >= 11 is 0. The van der Waals surface area contributed by atoms with Crippen molar-refractivity contribution in [2.75, 3.05) is 26.7 Å². The smallest absolute Gasteiger partial charge is 0.270 e. The van der Waals surface area contributed by atoms with E-state index < -0.39 is 4.92 Å². The number of nitrogens with zero attached hydrogens (tertiary/aromatic N) is 2. The molecular weight excluding hydrogens is 270 g/mol. The molecule has 0 bridgehead atoms. The lowest BCUT2D eigenvalue weighted by atomic mass is 9.96. The van der Waals surface area contributed by atoms with E-state index >= 15 is 0 Å². The fourth-order valence-corrected chi connectivity index (χ4v) is 2.83. The van der Waals surface area contributed by atoms with Gasteiger partial charge < -0.3 is 10.2 Å². The van der Waals surface area contributed by atoms with E-state index in [1.165, 1.54) is 12.1 Å². The van der Waals surface area contributed by atoms with Gasteiger partial charge in [0.2, 0.25) is 0 Å². The third kappa shape index (κ3) is 3.58. The Bertz CT molecular complexity index is 543. The third-order valence-corrected chi connectivity index (χ3v) is 3.96. The van der Waals surface area contributed by atoms with Gasteiger partial charge >= 0.3 is 0 Å². The first-order valence-electron chi connectivity index (χ1n) is 7.22. The highest BCUT2D eigenvalue weighted by Gasteiger charge is 2.26. The Balaban J connectivity index is 2.19. The minimum absolute atomic E-state index is 0.0345. The lowest BCUT2D eigenvalue weighted by Gasteiger charge is -2.33. The molecule has 1 aromatic carbocycles. The molecule has 1 fully saturated rings. The molecule has 1 N–H and O–H groups in total. The Morgan fingerprint density at radius 2 is 2.29 bits per heavy atom. The molecule has 6 heteroatoms. The van der Waals surface area contributed by atoms with Crippen LogP contribution in [0.1, 0.15) is 28.8 Å². The van der Waals surface area contributed by atoms with Gasteiger partial charge in [0.05, 0.1) is 4.92 Å². The van der Waals surface area contributed by atoms with Crippen molar-refractivity contribution >= 4 is 11.6 Å². The molecule has 1 aliphatic rings. The van der Waals surface area contributed by atoms with Crippen molar-refractivity contribution < 1.29 is 9.72 Å². The van der Waals surface area contributed by atoms with Crippen LogP contribution in [0.3, 0.4) is 0 Å². The van der Waals surface area contributed by atoms with Crippen molar-refractivity contribution in [1.82, 2.24) is 10.2 Å². The van der Waals surface area contributed by atoms with Crippen LogP contribution in [0.15, 0.2) is 18.2 Å². The number of carbonyl (C=O) groups is 1. The van der Waals surface area contributed by atoms with Gasteiger partial charge in [-0.1, -0.05) is 6.07 Å². The highest BCUT2D eigenvalue weighted by Crippen LogP contribution is 2.22. The highest BCUT2D eigenvalue weighted by molar-refractivity contribution is 5.96. The maximum Gasteiger partial charge on any atom is 0.270 e. The number of aryl methyl sites for hydroxylation is 1. The van der Waals surface area contributed by atoms with Crippen LogP contribution in [0.2, 0.25) is 0 Å². The summed E-state index contributed by atoms with van der Waals surface area (Å²) in [6.45, 7) is 4.13. The molecule has 1 aromatic rings. The van der Waals surface area contributed by atoms with Gasteiger partial charge in [0.15, 0.2) is 0 Å². The minimum atomic E-state index is -0.462. The number of hydrogen-bond acceptors (Lipinski definition) is 4. The average molecular weight is 291 g/mol. The van der Waals surface area contributed by atoms with E-state index in [1.807, 2.05) is 18.9 Å². The maximum atomic E-state index is 12.6. The Hall–Kier alpha value is -1.95. The van der Waals surface area contributed by atoms with Crippen LogP contribution < -0.4 is 5.32 Å². The fraction of sp³-hybridized carbons (Fsp3) is 0.533. The summed E-state index contributed by atoms with van der Waals surface area (Å²) in [7, 11) is 1.91. The van der Waals surface area contributed by atoms with Crippen molar-refractivity contribution in [3.05, 3.63) is 39.4 Å². The zero-order valence-corrected chi connectivity index (χ0v) is 12.5. The van der Waals surface area contributed by atoms with Crippen LogP contribution in [0.5, 0.6) is 0 Å². The summed E-state index contributed by atoms with van der Waals surface area (Å²) in [6, 6.07) is 4.46. The first-order valence-corrected chi connectivity index (χ1v) is 7.22. The number of amides is 1. The molecule has 6 nitrogen and oxygen atoms in total.